The lowest BCUT2D eigenvalue weighted by Gasteiger charge is -2.36. The molecule has 0 spiro atoms. The Balaban J connectivity index is 1.84. The van der Waals surface area contributed by atoms with Crippen LogP contribution in [0.1, 0.15) is 19.3 Å². The molecule has 92 valence electrons. The topological polar surface area (TPSA) is 68.0 Å². The maximum absolute atomic E-state index is 12.0. The number of nitrogens with zero attached hydrogens (tertiary/aromatic N) is 1. The molecule has 0 unspecified atom stereocenters. The maximum atomic E-state index is 12.0. The van der Waals surface area contributed by atoms with Crippen LogP contribution in [0.4, 0.5) is 5.69 Å². The molecule has 0 atom stereocenters. The molecule has 4 nitrogen and oxygen atoms in total. The molecule has 1 saturated carbocycles. The Morgan fingerprint density at radius 3 is 2.83 bits per heavy atom. The summed E-state index contributed by atoms with van der Waals surface area (Å²) in [6.07, 6.45) is 4.22. The highest BCUT2D eigenvalue weighted by atomic mass is 16.2. The zero-order valence-electron chi connectivity index (χ0n) is 10.0. The largest absolute Gasteiger partial charge is 0.323 e. The molecule has 3 rings (SSSR count). The van der Waals surface area contributed by atoms with Crippen LogP contribution in [0.3, 0.4) is 0 Å². The zero-order chi connectivity index (χ0) is 12.6. The van der Waals surface area contributed by atoms with Crippen LogP contribution >= 0.6 is 0 Å². The first-order chi connectivity index (χ1) is 8.67. The minimum atomic E-state index is -0.675. The Hall–Kier alpha value is -1.94. The lowest BCUT2D eigenvalue weighted by molar-refractivity contribution is -0.123. The van der Waals surface area contributed by atoms with E-state index in [2.05, 4.69) is 10.3 Å². The van der Waals surface area contributed by atoms with E-state index in [0.29, 0.717) is 5.69 Å². The number of hydrogen-bond donors (Lipinski definition) is 2. The van der Waals surface area contributed by atoms with Crippen molar-refractivity contribution in [1.29, 1.82) is 0 Å². The van der Waals surface area contributed by atoms with Gasteiger partial charge in [0.2, 0.25) is 5.91 Å². The number of carbonyl (C=O) groups excluding carboxylic acids is 1. The molecule has 1 amide bonds. The predicted molar refractivity (Wildman–Crippen MR) is 71.1 cm³/mol. The average molecular weight is 241 g/mol. The van der Waals surface area contributed by atoms with E-state index in [1.165, 1.54) is 0 Å². The normalized spacial score (nSPS) is 17.2. The lowest BCUT2D eigenvalue weighted by atomic mass is 9.77. The highest BCUT2D eigenvalue weighted by Crippen LogP contribution is 2.30. The standard InChI is InChI=1S/C14H15N3O/c15-14(6-3-7-14)13(18)17-11-8-10-4-1-2-5-12(10)16-9-11/h1-2,4-5,8-9H,3,6-7,15H2,(H,17,18). The van der Waals surface area contributed by atoms with Gasteiger partial charge in [0.05, 0.1) is 22.9 Å². The van der Waals surface area contributed by atoms with Crippen LogP contribution in [0.15, 0.2) is 36.5 Å². The minimum Gasteiger partial charge on any atom is -0.323 e. The van der Waals surface area contributed by atoms with E-state index in [1.807, 2.05) is 30.3 Å². The number of benzene rings is 1. The van der Waals surface area contributed by atoms with Crippen LogP contribution in [-0.4, -0.2) is 16.4 Å². The molecule has 18 heavy (non-hydrogen) atoms. The molecule has 4 heteroatoms. The van der Waals surface area contributed by atoms with Crippen molar-refractivity contribution in [3.05, 3.63) is 36.5 Å². The summed E-state index contributed by atoms with van der Waals surface area (Å²) < 4.78 is 0. The number of rotatable bonds is 2. The van der Waals surface area contributed by atoms with Gasteiger partial charge in [-0.05, 0) is 31.4 Å². The van der Waals surface area contributed by atoms with Crippen LogP contribution in [0.25, 0.3) is 10.9 Å². The summed E-state index contributed by atoms with van der Waals surface area (Å²) in [7, 11) is 0. The van der Waals surface area contributed by atoms with Crippen molar-refractivity contribution >= 4 is 22.5 Å². The van der Waals surface area contributed by atoms with Crippen molar-refractivity contribution < 1.29 is 4.79 Å². The second-order valence-corrected chi connectivity index (χ2v) is 4.88. The maximum Gasteiger partial charge on any atom is 0.244 e. The van der Waals surface area contributed by atoms with Gasteiger partial charge in [-0.25, -0.2) is 0 Å². The van der Waals surface area contributed by atoms with E-state index in [9.17, 15) is 4.79 Å². The van der Waals surface area contributed by atoms with E-state index >= 15 is 0 Å². The molecule has 1 aliphatic carbocycles. The fourth-order valence-electron chi connectivity index (χ4n) is 2.18. The molecule has 1 aliphatic rings. The van der Waals surface area contributed by atoms with Crippen LogP contribution in [0.5, 0.6) is 0 Å². The van der Waals surface area contributed by atoms with E-state index < -0.39 is 5.54 Å². The summed E-state index contributed by atoms with van der Waals surface area (Å²) in [5, 5.41) is 3.86. The lowest BCUT2D eigenvalue weighted by Crippen LogP contribution is -2.56. The van der Waals surface area contributed by atoms with Crippen molar-refractivity contribution in [2.24, 2.45) is 5.73 Å². The first kappa shape index (κ1) is 11.2. The Kier molecular flexibility index (Phi) is 2.52. The molecule has 0 saturated heterocycles. The quantitative estimate of drug-likeness (QED) is 0.845. The van der Waals surface area contributed by atoms with Gasteiger partial charge in [0.25, 0.3) is 0 Å². The van der Waals surface area contributed by atoms with Gasteiger partial charge in [-0.1, -0.05) is 18.2 Å². The van der Waals surface area contributed by atoms with Crippen LogP contribution in [0.2, 0.25) is 0 Å². The van der Waals surface area contributed by atoms with E-state index in [4.69, 9.17) is 5.73 Å². The minimum absolute atomic E-state index is 0.106. The third kappa shape index (κ3) is 1.84. The summed E-state index contributed by atoms with van der Waals surface area (Å²) in [5.41, 5.74) is 6.92. The van der Waals surface area contributed by atoms with E-state index in [-0.39, 0.29) is 5.91 Å². The van der Waals surface area contributed by atoms with Gasteiger partial charge in [0, 0.05) is 5.39 Å². The van der Waals surface area contributed by atoms with Gasteiger partial charge in [0.1, 0.15) is 0 Å². The summed E-state index contributed by atoms with van der Waals surface area (Å²) in [6, 6.07) is 9.72. The van der Waals surface area contributed by atoms with Gasteiger partial charge in [-0.3, -0.25) is 9.78 Å². The predicted octanol–water partition coefficient (Wildman–Crippen LogP) is 2.05. The Morgan fingerprint density at radius 1 is 1.33 bits per heavy atom. The Morgan fingerprint density at radius 2 is 2.11 bits per heavy atom. The van der Waals surface area contributed by atoms with Gasteiger partial charge in [-0.2, -0.15) is 0 Å². The fourth-order valence-corrected chi connectivity index (χ4v) is 2.18. The summed E-state index contributed by atoms with van der Waals surface area (Å²) in [5.74, 6) is -0.106. The number of aromatic nitrogens is 1. The number of fused-ring (bicyclic) bond motifs is 1. The van der Waals surface area contributed by atoms with Crippen LogP contribution in [0, 0.1) is 0 Å². The van der Waals surface area contributed by atoms with Gasteiger partial charge < -0.3 is 11.1 Å². The van der Waals surface area contributed by atoms with Crippen molar-refractivity contribution in [2.45, 2.75) is 24.8 Å². The smallest absolute Gasteiger partial charge is 0.244 e. The highest BCUT2D eigenvalue weighted by Gasteiger charge is 2.40. The second kappa shape index (κ2) is 4.07. The number of carbonyl (C=O) groups is 1. The first-order valence-electron chi connectivity index (χ1n) is 6.13. The summed E-state index contributed by atoms with van der Waals surface area (Å²) in [6.45, 7) is 0. The van der Waals surface area contributed by atoms with E-state index in [0.717, 1.165) is 30.2 Å². The van der Waals surface area contributed by atoms with Gasteiger partial charge >= 0.3 is 0 Å². The summed E-state index contributed by atoms with van der Waals surface area (Å²) in [4.78, 5) is 16.3. The van der Waals surface area contributed by atoms with Crippen molar-refractivity contribution in [3.63, 3.8) is 0 Å². The number of hydrogen-bond acceptors (Lipinski definition) is 3. The Bertz CT molecular complexity index is 605. The second-order valence-electron chi connectivity index (χ2n) is 4.88. The molecule has 0 aliphatic heterocycles. The molecule has 1 fully saturated rings. The van der Waals surface area contributed by atoms with Gasteiger partial charge in [0.15, 0.2) is 0 Å². The molecule has 3 N–H and O–H groups in total. The number of para-hydroxylation sites is 1. The molecule has 2 aromatic rings. The van der Waals surface area contributed by atoms with Crippen molar-refractivity contribution in [3.8, 4) is 0 Å². The van der Waals surface area contributed by atoms with Crippen LogP contribution < -0.4 is 11.1 Å². The zero-order valence-corrected chi connectivity index (χ0v) is 10.0. The number of nitrogens with two attached hydrogens (primary N) is 1. The molecular weight excluding hydrogens is 226 g/mol. The number of amides is 1. The van der Waals surface area contributed by atoms with Crippen molar-refractivity contribution in [2.75, 3.05) is 5.32 Å². The molecule has 1 heterocycles. The van der Waals surface area contributed by atoms with Crippen molar-refractivity contribution in [1.82, 2.24) is 4.98 Å². The molecule has 0 bridgehead atoms. The monoisotopic (exact) mass is 241 g/mol. The van der Waals surface area contributed by atoms with Crippen LogP contribution in [-0.2, 0) is 4.79 Å². The summed E-state index contributed by atoms with van der Waals surface area (Å²) >= 11 is 0. The fraction of sp³-hybridized carbons (Fsp3) is 0.286. The molecule has 1 aromatic carbocycles. The van der Waals surface area contributed by atoms with E-state index in [1.54, 1.807) is 6.20 Å². The third-order valence-electron chi connectivity index (χ3n) is 3.55. The average Bonchev–Trinajstić information content (AvgIpc) is 2.35. The molecule has 0 radical (unpaired) electrons. The number of anilines is 1. The molecular formula is C14H15N3O. The highest BCUT2D eigenvalue weighted by molar-refractivity contribution is 5.99. The Labute approximate surface area is 105 Å². The SMILES string of the molecule is NC1(C(=O)Nc2cnc3ccccc3c2)CCC1. The first-order valence-corrected chi connectivity index (χ1v) is 6.13. The number of pyridine rings is 1. The molecule has 1 aromatic heterocycles. The number of nitrogens with one attached hydrogen (secondary N) is 1. The third-order valence-corrected chi connectivity index (χ3v) is 3.55. The van der Waals surface area contributed by atoms with Gasteiger partial charge in [-0.15, -0.1) is 0 Å².